The van der Waals surface area contributed by atoms with Gasteiger partial charge in [-0.3, -0.25) is 15.6 Å². The summed E-state index contributed by atoms with van der Waals surface area (Å²) in [5.41, 5.74) is 13.7. The SMILES string of the molecule is Nc1c(NNC(=O)c2ccccc2Br)ncnc1-n1nnc2ccccc21. The molecule has 4 N–H and O–H groups in total. The molecule has 0 fully saturated rings. The molecule has 0 atom stereocenters. The highest BCUT2D eigenvalue weighted by molar-refractivity contribution is 9.10. The zero-order valence-electron chi connectivity index (χ0n) is 13.8. The normalized spacial score (nSPS) is 10.7. The molecule has 4 rings (SSSR count). The van der Waals surface area contributed by atoms with Crippen molar-refractivity contribution in [3.8, 4) is 5.82 Å². The summed E-state index contributed by atoms with van der Waals surface area (Å²) >= 11 is 3.34. The minimum absolute atomic E-state index is 0.223. The van der Waals surface area contributed by atoms with Crippen LogP contribution in [0.5, 0.6) is 0 Å². The van der Waals surface area contributed by atoms with E-state index in [0.717, 1.165) is 5.52 Å². The van der Waals surface area contributed by atoms with E-state index in [2.05, 4.69) is 47.1 Å². The van der Waals surface area contributed by atoms with Crippen molar-refractivity contribution >= 4 is 44.4 Å². The first kappa shape index (κ1) is 16.9. The van der Waals surface area contributed by atoms with Gasteiger partial charge >= 0.3 is 0 Å². The molecular weight excluding hydrogens is 412 g/mol. The number of hydrogen-bond acceptors (Lipinski definition) is 7. The molecule has 0 saturated heterocycles. The molecule has 0 spiro atoms. The molecule has 0 aliphatic heterocycles. The van der Waals surface area contributed by atoms with Gasteiger partial charge in [0.05, 0.1) is 11.1 Å². The van der Waals surface area contributed by atoms with Gasteiger partial charge in [-0.2, -0.15) is 4.68 Å². The number of nitrogen functional groups attached to an aromatic ring is 1. The number of halogens is 1. The van der Waals surface area contributed by atoms with Gasteiger partial charge in [0.1, 0.15) is 17.5 Å². The number of para-hydroxylation sites is 1. The number of amides is 1. The average molecular weight is 425 g/mol. The Morgan fingerprint density at radius 2 is 1.85 bits per heavy atom. The number of nitrogens with one attached hydrogen (secondary N) is 2. The number of hydrazine groups is 1. The Balaban J connectivity index is 1.61. The summed E-state index contributed by atoms with van der Waals surface area (Å²) in [6.07, 6.45) is 1.33. The lowest BCUT2D eigenvalue weighted by atomic mass is 10.2. The zero-order chi connectivity index (χ0) is 18.8. The lowest BCUT2D eigenvalue weighted by Crippen LogP contribution is -2.30. The molecule has 9 nitrogen and oxygen atoms in total. The van der Waals surface area contributed by atoms with E-state index in [1.807, 2.05) is 30.3 Å². The number of nitrogens with zero attached hydrogens (tertiary/aromatic N) is 5. The van der Waals surface area contributed by atoms with E-state index in [-0.39, 0.29) is 17.4 Å². The molecule has 10 heteroatoms. The van der Waals surface area contributed by atoms with Crippen LogP contribution in [0.2, 0.25) is 0 Å². The first-order chi connectivity index (χ1) is 13.1. The van der Waals surface area contributed by atoms with Crippen molar-refractivity contribution in [1.82, 2.24) is 30.4 Å². The summed E-state index contributed by atoms with van der Waals surface area (Å²) in [4.78, 5) is 20.6. The Kier molecular flexibility index (Phi) is 4.38. The Morgan fingerprint density at radius 1 is 1.07 bits per heavy atom. The van der Waals surface area contributed by atoms with Gasteiger partial charge in [0.15, 0.2) is 11.6 Å². The van der Waals surface area contributed by atoms with Crippen LogP contribution in [0.15, 0.2) is 59.3 Å². The second kappa shape index (κ2) is 7.00. The van der Waals surface area contributed by atoms with Crippen LogP contribution >= 0.6 is 15.9 Å². The number of nitrogens with two attached hydrogens (primary N) is 1. The van der Waals surface area contributed by atoms with Crippen LogP contribution in [-0.2, 0) is 0 Å². The summed E-state index contributed by atoms with van der Waals surface area (Å²) in [6.45, 7) is 0. The van der Waals surface area contributed by atoms with Crippen molar-refractivity contribution in [2.75, 3.05) is 11.2 Å². The van der Waals surface area contributed by atoms with E-state index in [0.29, 0.717) is 21.4 Å². The number of fused-ring (bicyclic) bond motifs is 1. The van der Waals surface area contributed by atoms with Gasteiger partial charge in [0, 0.05) is 4.47 Å². The minimum Gasteiger partial charge on any atom is -0.393 e. The molecule has 0 bridgehead atoms. The number of carbonyl (C=O) groups excluding carboxylic acids is 1. The highest BCUT2D eigenvalue weighted by Crippen LogP contribution is 2.23. The quantitative estimate of drug-likeness (QED) is 0.429. The highest BCUT2D eigenvalue weighted by atomic mass is 79.9. The van der Waals surface area contributed by atoms with Crippen LogP contribution in [0, 0.1) is 0 Å². The molecule has 4 aromatic rings. The smallest absolute Gasteiger partial charge is 0.270 e. The number of hydrogen-bond donors (Lipinski definition) is 3. The van der Waals surface area contributed by atoms with Crippen molar-refractivity contribution in [1.29, 1.82) is 0 Å². The third-order valence-electron chi connectivity index (χ3n) is 3.83. The number of carbonyl (C=O) groups is 1. The largest absolute Gasteiger partial charge is 0.393 e. The van der Waals surface area contributed by atoms with E-state index in [1.54, 1.807) is 18.2 Å². The molecule has 1 amide bonds. The van der Waals surface area contributed by atoms with E-state index in [9.17, 15) is 4.79 Å². The van der Waals surface area contributed by atoms with Crippen LogP contribution in [0.25, 0.3) is 16.9 Å². The number of anilines is 2. The van der Waals surface area contributed by atoms with Gasteiger partial charge in [-0.1, -0.05) is 29.5 Å². The van der Waals surface area contributed by atoms with Crippen molar-refractivity contribution in [3.05, 3.63) is 64.9 Å². The number of benzene rings is 2. The molecule has 0 aliphatic carbocycles. The minimum atomic E-state index is -0.340. The second-order valence-electron chi connectivity index (χ2n) is 5.51. The third kappa shape index (κ3) is 3.17. The standard InChI is InChI=1S/C17H13BrN8O/c18-11-6-2-1-5-10(11)17(27)24-23-15-14(19)16(21-9-20-15)26-13-8-4-3-7-12(13)22-25-26/h1-9H,19H2,(H,24,27)(H,20,21,23). The Bertz CT molecular complexity index is 1140. The molecule has 0 unspecified atom stereocenters. The van der Waals surface area contributed by atoms with Crippen molar-refractivity contribution in [2.24, 2.45) is 0 Å². The van der Waals surface area contributed by atoms with Gasteiger partial charge in [0.25, 0.3) is 5.91 Å². The van der Waals surface area contributed by atoms with E-state index in [4.69, 9.17) is 5.73 Å². The summed E-state index contributed by atoms with van der Waals surface area (Å²) < 4.78 is 2.20. The van der Waals surface area contributed by atoms with Crippen LogP contribution < -0.4 is 16.6 Å². The van der Waals surface area contributed by atoms with E-state index < -0.39 is 0 Å². The number of aromatic nitrogens is 5. The maximum Gasteiger partial charge on any atom is 0.270 e. The Labute approximate surface area is 161 Å². The number of rotatable bonds is 4. The molecule has 2 aromatic heterocycles. The molecule has 134 valence electrons. The predicted octanol–water partition coefficient (Wildman–Crippen LogP) is 2.31. The zero-order valence-corrected chi connectivity index (χ0v) is 15.4. The molecule has 2 heterocycles. The van der Waals surface area contributed by atoms with Crippen LogP contribution in [0.3, 0.4) is 0 Å². The fourth-order valence-corrected chi connectivity index (χ4v) is 2.97. The summed E-state index contributed by atoms with van der Waals surface area (Å²) in [7, 11) is 0. The van der Waals surface area contributed by atoms with E-state index in [1.165, 1.54) is 11.0 Å². The molecule has 0 aliphatic rings. The Hall–Kier alpha value is -3.53. The lowest BCUT2D eigenvalue weighted by molar-refractivity contribution is 0.0961. The van der Waals surface area contributed by atoms with Gasteiger partial charge in [-0.05, 0) is 40.2 Å². The monoisotopic (exact) mass is 424 g/mol. The predicted molar refractivity (Wildman–Crippen MR) is 104 cm³/mol. The summed E-state index contributed by atoms with van der Waals surface area (Å²) in [5, 5.41) is 8.19. The summed E-state index contributed by atoms with van der Waals surface area (Å²) in [6, 6.07) is 14.5. The molecule has 27 heavy (non-hydrogen) atoms. The van der Waals surface area contributed by atoms with Gasteiger partial charge in [-0.15, -0.1) is 5.10 Å². The molecule has 0 saturated carbocycles. The average Bonchev–Trinajstić information content (AvgIpc) is 3.11. The third-order valence-corrected chi connectivity index (χ3v) is 4.52. The fourth-order valence-electron chi connectivity index (χ4n) is 2.51. The maximum atomic E-state index is 12.3. The fraction of sp³-hybridized carbons (Fsp3) is 0. The topological polar surface area (TPSA) is 124 Å². The van der Waals surface area contributed by atoms with Gasteiger partial charge in [0.2, 0.25) is 0 Å². The second-order valence-corrected chi connectivity index (χ2v) is 6.36. The van der Waals surface area contributed by atoms with Crippen molar-refractivity contribution in [2.45, 2.75) is 0 Å². The lowest BCUT2D eigenvalue weighted by Gasteiger charge is -2.12. The van der Waals surface area contributed by atoms with Crippen molar-refractivity contribution < 1.29 is 4.79 Å². The van der Waals surface area contributed by atoms with Gasteiger partial charge in [-0.25, -0.2) is 9.97 Å². The molecular formula is C17H13BrN8O. The first-order valence-corrected chi connectivity index (χ1v) is 8.66. The van der Waals surface area contributed by atoms with Crippen molar-refractivity contribution in [3.63, 3.8) is 0 Å². The van der Waals surface area contributed by atoms with Crippen LogP contribution in [-0.4, -0.2) is 30.9 Å². The maximum absolute atomic E-state index is 12.3. The van der Waals surface area contributed by atoms with E-state index >= 15 is 0 Å². The summed E-state index contributed by atoms with van der Waals surface area (Å²) in [5.74, 6) is 0.268. The van der Waals surface area contributed by atoms with Crippen LogP contribution in [0.1, 0.15) is 10.4 Å². The Morgan fingerprint density at radius 3 is 2.70 bits per heavy atom. The highest BCUT2D eigenvalue weighted by Gasteiger charge is 2.15. The first-order valence-electron chi connectivity index (χ1n) is 7.87. The van der Waals surface area contributed by atoms with Crippen LogP contribution in [0.4, 0.5) is 11.5 Å². The molecule has 0 radical (unpaired) electrons. The molecule has 2 aromatic carbocycles. The van der Waals surface area contributed by atoms with Gasteiger partial charge < -0.3 is 5.73 Å².